The Morgan fingerprint density at radius 2 is 1.89 bits per heavy atom. The Labute approximate surface area is 166 Å². The molecule has 1 aliphatic heterocycles. The summed E-state index contributed by atoms with van der Waals surface area (Å²) in [6, 6.07) is 3.42. The van der Waals surface area contributed by atoms with Gasteiger partial charge in [-0.05, 0) is 22.0 Å². The summed E-state index contributed by atoms with van der Waals surface area (Å²) in [7, 11) is 3.07. The number of esters is 2. The topological polar surface area (TPSA) is 89.5 Å². The zero-order valence-corrected chi connectivity index (χ0v) is 17.2. The van der Waals surface area contributed by atoms with Crippen LogP contribution in [0, 0.1) is 0 Å². The van der Waals surface area contributed by atoms with Crippen molar-refractivity contribution in [1.82, 2.24) is 0 Å². The van der Waals surface area contributed by atoms with Gasteiger partial charge in [-0.2, -0.15) is 0 Å². The normalized spacial score (nSPS) is 21.9. The van der Waals surface area contributed by atoms with Gasteiger partial charge in [0.2, 0.25) is 6.29 Å². The third-order valence-corrected chi connectivity index (χ3v) is 4.41. The Morgan fingerprint density at radius 1 is 1.15 bits per heavy atom. The van der Waals surface area contributed by atoms with E-state index in [9.17, 15) is 9.59 Å². The van der Waals surface area contributed by atoms with Crippen molar-refractivity contribution in [3.05, 3.63) is 16.6 Å². The highest BCUT2D eigenvalue weighted by Crippen LogP contribution is 2.40. The van der Waals surface area contributed by atoms with Crippen LogP contribution in [-0.4, -0.2) is 51.3 Å². The van der Waals surface area contributed by atoms with Gasteiger partial charge in [0, 0.05) is 32.8 Å². The fraction of sp³-hybridized carbons (Fsp3) is 0.556. The van der Waals surface area contributed by atoms with E-state index in [4.69, 9.17) is 28.4 Å². The van der Waals surface area contributed by atoms with Gasteiger partial charge in [-0.1, -0.05) is 0 Å². The molecule has 0 aromatic heterocycles. The van der Waals surface area contributed by atoms with Crippen LogP contribution >= 0.6 is 15.9 Å². The average molecular weight is 447 g/mol. The van der Waals surface area contributed by atoms with Crippen LogP contribution in [0.25, 0.3) is 0 Å². The highest BCUT2D eigenvalue weighted by molar-refractivity contribution is 9.10. The number of benzene rings is 1. The minimum atomic E-state index is -0.720. The summed E-state index contributed by atoms with van der Waals surface area (Å²) in [4.78, 5) is 22.4. The van der Waals surface area contributed by atoms with E-state index >= 15 is 0 Å². The molecule has 1 saturated heterocycles. The molecule has 0 spiro atoms. The van der Waals surface area contributed by atoms with Crippen molar-refractivity contribution in [3.63, 3.8) is 0 Å². The standard InChI is InChI=1S/C18H23BrO8/c1-10(20)24-9-14-5-13(25-11(2)21)8-17(26-14)27-18-15(19)6-12(22-3)7-16(18)23-4/h6-7,13-14,17H,5,8-9H2,1-4H3/t13-,14-,17-/m0/s1. The van der Waals surface area contributed by atoms with Crippen LogP contribution in [0.15, 0.2) is 16.6 Å². The van der Waals surface area contributed by atoms with E-state index in [2.05, 4.69) is 15.9 Å². The van der Waals surface area contributed by atoms with Crippen molar-refractivity contribution in [3.8, 4) is 17.2 Å². The largest absolute Gasteiger partial charge is 0.497 e. The molecule has 8 nitrogen and oxygen atoms in total. The third kappa shape index (κ3) is 6.28. The van der Waals surface area contributed by atoms with Crippen LogP contribution < -0.4 is 14.2 Å². The second kappa shape index (κ2) is 9.80. The smallest absolute Gasteiger partial charge is 0.302 e. The van der Waals surface area contributed by atoms with Gasteiger partial charge in [0.1, 0.15) is 18.5 Å². The summed E-state index contributed by atoms with van der Waals surface area (Å²) in [6.07, 6.45) is -0.849. The first kappa shape index (κ1) is 21.3. The van der Waals surface area contributed by atoms with E-state index in [0.717, 1.165) is 0 Å². The van der Waals surface area contributed by atoms with Crippen molar-refractivity contribution in [2.75, 3.05) is 20.8 Å². The highest BCUT2D eigenvalue weighted by Gasteiger charge is 2.34. The zero-order valence-electron chi connectivity index (χ0n) is 15.7. The van der Waals surface area contributed by atoms with Gasteiger partial charge in [0.15, 0.2) is 11.5 Å². The maximum atomic E-state index is 11.3. The lowest BCUT2D eigenvalue weighted by molar-refractivity contribution is -0.201. The molecule has 150 valence electrons. The predicted molar refractivity (Wildman–Crippen MR) is 98.0 cm³/mol. The first-order valence-electron chi connectivity index (χ1n) is 8.36. The number of ether oxygens (including phenoxy) is 6. The number of carbonyl (C=O) groups excluding carboxylic acids is 2. The van der Waals surface area contributed by atoms with Gasteiger partial charge in [0.05, 0.1) is 24.8 Å². The lowest BCUT2D eigenvalue weighted by Crippen LogP contribution is -2.42. The van der Waals surface area contributed by atoms with E-state index in [1.165, 1.54) is 21.0 Å². The summed E-state index contributed by atoms with van der Waals surface area (Å²) < 4.78 is 33.4. The number of carbonyl (C=O) groups is 2. The molecule has 0 radical (unpaired) electrons. The molecule has 1 aromatic carbocycles. The Hall–Kier alpha value is -2.00. The van der Waals surface area contributed by atoms with Crippen molar-refractivity contribution in [2.24, 2.45) is 0 Å². The Kier molecular flexibility index (Phi) is 7.73. The molecule has 1 fully saturated rings. The molecule has 27 heavy (non-hydrogen) atoms. The zero-order chi connectivity index (χ0) is 20.0. The molecule has 1 heterocycles. The second-order valence-electron chi connectivity index (χ2n) is 5.95. The maximum absolute atomic E-state index is 11.3. The van der Waals surface area contributed by atoms with E-state index in [-0.39, 0.29) is 6.61 Å². The minimum Gasteiger partial charge on any atom is -0.497 e. The van der Waals surface area contributed by atoms with Crippen molar-refractivity contribution < 1.29 is 38.0 Å². The molecule has 0 bridgehead atoms. The van der Waals surface area contributed by atoms with Crippen LogP contribution in [-0.2, 0) is 23.8 Å². The fourth-order valence-corrected chi connectivity index (χ4v) is 3.23. The quantitative estimate of drug-likeness (QED) is 0.590. The average Bonchev–Trinajstić information content (AvgIpc) is 2.60. The second-order valence-corrected chi connectivity index (χ2v) is 6.81. The van der Waals surface area contributed by atoms with Gasteiger partial charge in [-0.3, -0.25) is 9.59 Å². The molecular weight excluding hydrogens is 424 g/mol. The summed E-state index contributed by atoms with van der Waals surface area (Å²) in [5, 5.41) is 0. The number of hydrogen-bond donors (Lipinski definition) is 0. The lowest BCUT2D eigenvalue weighted by Gasteiger charge is -2.34. The van der Waals surface area contributed by atoms with E-state index in [1.807, 2.05) is 0 Å². The maximum Gasteiger partial charge on any atom is 0.302 e. The summed E-state index contributed by atoms with van der Waals surface area (Å²) in [5.74, 6) is 0.676. The summed E-state index contributed by atoms with van der Waals surface area (Å²) in [5.41, 5.74) is 0. The Morgan fingerprint density at radius 3 is 2.48 bits per heavy atom. The molecule has 1 aliphatic rings. The van der Waals surface area contributed by atoms with E-state index in [0.29, 0.717) is 34.6 Å². The molecule has 0 N–H and O–H groups in total. The SMILES string of the molecule is COc1cc(Br)c(O[C@H]2C[C@@H](OC(C)=O)C[C@@H](COC(C)=O)O2)c(OC)c1. The molecule has 0 amide bonds. The van der Waals surface area contributed by atoms with Gasteiger partial charge in [0.25, 0.3) is 0 Å². The molecule has 1 aromatic rings. The highest BCUT2D eigenvalue weighted by atomic mass is 79.9. The van der Waals surface area contributed by atoms with Crippen molar-refractivity contribution in [2.45, 2.75) is 45.2 Å². The first-order valence-corrected chi connectivity index (χ1v) is 9.15. The number of methoxy groups -OCH3 is 2. The Balaban J connectivity index is 2.17. The van der Waals surface area contributed by atoms with E-state index < -0.39 is 30.4 Å². The van der Waals surface area contributed by atoms with Crippen molar-refractivity contribution in [1.29, 1.82) is 0 Å². The lowest BCUT2D eigenvalue weighted by atomic mass is 10.1. The van der Waals surface area contributed by atoms with Gasteiger partial charge in [-0.25, -0.2) is 0 Å². The minimum absolute atomic E-state index is 0.0495. The molecule has 2 rings (SSSR count). The number of hydrogen-bond acceptors (Lipinski definition) is 8. The summed E-state index contributed by atoms with van der Waals surface area (Å²) in [6.45, 7) is 2.71. The molecule has 0 unspecified atom stereocenters. The fourth-order valence-electron chi connectivity index (χ4n) is 2.71. The van der Waals surface area contributed by atoms with Crippen LogP contribution in [0.4, 0.5) is 0 Å². The van der Waals surface area contributed by atoms with Gasteiger partial charge in [-0.15, -0.1) is 0 Å². The molecule has 0 aliphatic carbocycles. The first-order chi connectivity index (χ1) is 12.8. The van der Waals surface area contributed by atoms with E-state index in [1.54, 1.807) is 19.2 Å². The van der Waals surface area contributed by atoms with Gasteiger partial charge < -0.3 is 28.4 Å². The molecule has 9 heteroatoms. The number of halogens is 1. The summed E-state index contributed by atoms with van der Waals surface area (Å²) >= 11 is 3.43. The van der Waals surface area contributed by atoms with Crippen LogP contribution in [0.2, 0.25) is 0 Å². The number of rotatable bonds is 7. The van der Waals surface area contributed by atoms with Crippen LogP contribution in [0.3, 0.4) is 0 Å². The molecule has 0 saturated carbocycles. The molecule has 3 atom stereocenters. The Bertz CT molecular complexity index is 678. The third-order valence-electron chi connectivity index (χ3n) is 3.82. The van der Waals surface area contributed by atoms with Crippen LogP contribution in [0.5, 0.6) is 17.2 Å². The molecular formula is C18H23BrO8. The van der Waals surface area contributed by atoms with Crippen LogP contribution in [0.1, 0.15) is 26.7 Å². The van der Waals surface area contributed by atoms with Gasteiger partial charge >= 0.3 is 11.9 Å². The monoisotopic (exact) mass is 446 g/mol. The van der Waals surface area contributed by atoms with Crippen molar-refractivity contribution >= 4 is 27.9 Å². The predicted octanol–water partition coefficient (Wildman–Crippen LogP) is 2.85.